The average Bonchev–Trinajstić information content (AvgIpc) is 4.08. The summed E-state index contributed by atoms with van der Waals surface area (Å²) in [6.45, 7) is 2.78. The molecule has 0 radical (unpaired) electrons. The molecule has 9 rings (SSSR count). The van der Waals surface area contributed by atoms with Crippen LogP contribution in [0.2, 0.25) is 0 Å². The Labute approximate surface area is 320 Å². The van der Waals surface area contributed by atoms with Crippen molar-refractivity contribution in [2.45, 2.75) is 19.8 Å². The van der Waals surface area contributed by atoms with E-state index in [0.29, 0.717) is 12.1 Å². The predicted octanol–water partition coefficient (Wildman–Crippen LogP) is 11.9. The summed E-state index contributed by atoms with van der Waals surface area (Å²) in [5.41, 5.74) is 15.9. The molecule has 8 bridgehead atoms. The van der Waals surface area contributed by atoms with Crippen molar-refractivity contribution in [1.82, 2.24) is 25.3 Å². The Kier molecular flexibility index (Phi) is 9.06. The highest BCUT2D eigenvalue weighted by atomic mass is 16.1. The molecule has 3 N–H and O–H groups in total. The quantitative estimate of drug-likeness (QED) is 0.137. The number of amides is 1. The number of nitrogens with zero attached hydrogens (tertiary/aromatic N) is 2. The van der Waals surface area contributed by atoms with Gasteiger partial charge in [-0.3, -0.25) is 4.79 Å². The van der Waals surface area contributed by atoms with Crippen LogP contribution in [-0.4, -0.2) is 32.4 Å². The van der Waals surface area contributed by atoms with Gasteiger partial charge in [-0.25, -0.2) is 9.97 Å². The van der Waals surface area contributed by atoms with Crippen molar-refractivity contribution in [3.8, 4) is 44.5 Å². The first-order chi connectivity index (χ1) is 27.1. The number of carbonyl (C=O) groups excluding carboxylic acids is 1. The highest BCUT2D eigenvalue weighted by Gasteiger charge is 2.19. The number of carbonyl (C=O) groups is 1. The third kappa shape index (κ3) is 6.59. The normalized spacial score (nSPS) is 11.9. The number of fused-ring (bicyclic) bond motifs is 8. The molecule has 5 heterocycles. The van der Waals surface area contributed by atoms with Gasteiger partial charge in [-0.15, -0.1) is 0 Å². The summed E-state index contributed by atoms with van der Waals surface area (Å²) in [6, 6.07) is 47.6. The van der Waals surface area contributed by atoms with Gasteiger partial charge in [0, 0.05) is 56.4 Å². The largest absolute Gasteiger partial charge is 0.354 e. The molecule has 6 heteroatoms. The predicted molar refractivity (Wildman–Crippen MR) is 228 cm³/mol. The van der Waals surface area contributed by atoms with Crippen molar-refractivity contribution in [2.75, 3.05) is 6.54 Å². The van der Waals surface area contributed by atoms with E-state index in [9.17, 15) is 4.79 Å². The second kappa shape index (κ2) is 14.8. The zero-order chi connectivity index (χ0) is 37.1. The molecular weight excluding hydrogens is 675 g/mol. The summed E-state index contributed by atoms with van der Waals surface area (Å²) < 4.78 is 0. The zero-order valence-corrected chi connectivity index (χ0v) is 30.5. The van der Waals surface area contributed by atoms with E-state index in [4.69, 9.17) is 9.97 Å². The van der Waals surface area contributed by atoms with Crippen LogP contribution in [-0.2, 0) is 0 Å². The highest BCUT2D eigenvalue weighted by Crippen LogP contribution is 2.38. The van der Waals surface area contributed by atoms with E-state index >= 15 is 0 Å². The molecule has 6 nitrogen and oxygen atoms in total. The maximum atomic E-state index is 13.0. The summed E-state index contributed by atoms with van der Waals surface area (Å²) in [7, 11) is 0. The van der Waals surface area contributed by atoms with Crippen LogP contribution in [0.15, 0.2) is 140 Å². The first kappa shape index (κ1) is 33.8. The molecule has 0 fully saturated rings. The van der Waals surface area contributed by atoms with E-state index in [-0.39, 0.29) is 5.91 Å². The molecule has 7 aromatic rings. The van der Waals surface area contributed by atoms with Crippen LogP contribution >= 0.6 is 0 Å². The number of hydrogen-bond acceptors (Lipinski definition) is 3. The standard InChI is InChI=1S/C49H39N5O/c1-2-3-31-50-49(55)36-21-19-35(20-22-36)48-43-29-27-41(53-43)46(33-15-9-5-10-16-33)39-25-23-37(51-39)45(32-13-7-4-8-14-32)38-24-26-40(52-38)47(34-17-11-6-12-18-34)42-28-30-44(48)54-42/h4-30,51,54H,2-3,31H2,1H3,(H,50,55). The van der Waals surface area contributed by atoms with E-state index in [2.05, 4.69) is 144 Å². The molecule has 0 unspecified atom stereocenters. The highest BCUT2D eigenvalue weighted by molar-refractivity contribution is 6.00. The third-order valence-electron chi connectivity index (χ3n) is 10.2. The van der Waals surface area contributed by atoms with E-state index in [1.807, 2.05) is 42.5 Å². The lowest BCUT2D eigenvalue weighted by Crippen LogP contribution is -2.24. The summed E-state index contributed by atoms with van der Waals surface area (Å²) >= 11 is 0. The topological polar surface area (TPSA) is 86.5 Å². The molecule has 0 aliphatic carbocycles. The molecule has 55 heavy (non-hydrogen) atoms. The lowest BCUT2D eigenvalue weighted by atomic mass is 10.0. The van der Waals surface area contributed by atoms with Gasteiger partial charge < -0.3 is 15.3 Å². The Hall–Kier alpha value is -7.05. The number of aromatic amines is 2. The Balaban J connectivity index is 1.38. The zero-order valence-electron chi connectivity index (χ0n) is 30.5. The molecule has 0 saturated heterocycles. The monoisotopic (exact) mass is 713 g/mol. The van der Waals surface area contributed by atoms with Gasteiger partial charge >= 0.3 is 0 Å². The van der Waals surface area contributed by atoms with Crippen LogP contribution in [0.3, 0.4) is 0 Å². The summed E-state index contributed by atoms with van der Waals surface area (Å²) in [6.07, 6.45) is 10.4. The van der Waals surface area contributed by atoms with Gasteiger partial charge in [0.2, 0.25) is 0 Å². The summed E-state index contributed by atoms with van der Waals surface area (Å²) in [5.74, 6) is -0.0670. The second-order valence-corrected chi connectivity index (χ2v) is 13.8. The first-order valence-corrected chi connectivity index (χ1v) is 18.9. The lowest BCUT2D eigenvalue weighted by Gasteiger charge is -2.08. The molecule has 2 aliphatic rings. The third-order valence-corrected chi connectivity index (χ3v) is 10.2. The van der Waals surface area contributed by atoms with Crippen LogP contribution < -0.4 is 5.32 Å². The number of benzene rings is 4. The maximum absolute atomic E-state index is 13.0. The molecule has 1 amide bonds. The van der Waals surface area contributed by atoms with E-state index < -0.39 is 0 Å². The number of H-pyrrole nitrogens is 2. The summed E-state index contributed by atoms with van der Waals surface area (Å²) in [4.78, 5) is 31.3. The number of rotatable bonds is 8. The van der Waals surface area contributed by atoms with Gasteiger partial charge in [-0.1, -0.05) is 116 Å². The minimum absolute atomic E-state index is 0.0670. The smallest absolute Gasteiger partial charge is 0.251 e. The van der Waals surface area contributed by atoms with Crippen LogP contribution in [0.5, 0.6) is 0 Å². The van der Waals surface area contributed by atoms with Crippen molar-refractivity contribution in [1.29, 1.82) is 0 Å². The van der Waals surface area contributed by atoms with E-state index in [1.54, 1.807) is 0 Å². The van der Waals surface area contributed by atoms with Gasteiger partial charge in [0.1, 0.15) is 0 Å². The van der Waals surface area contributed by atoms with Crippen molar-refractivity contribution in [3.63, 3.8) is 0 Å². The van der Waals surface area contributed by atoms with Gasteiger partial charge in [-0.05, 0) is 89.4 Å². The van der Waals surface area contributed by atoms with E-state index in [0.717, 1.165) is 102 Å². The van der Waals surface area contributed by atoms with Crippen molar-refractivity contribution in [3.05, 3.63) is 168 Å². The van der Waals surface area contributed by atoms with Gasteiger partial charge in [0.05, 0.1) is 22.8 Å². The van der Waals surface area contributed by atoms with Gasteiger partial charge in [0.25, 0.3) is 5.91 Å². The first-order valence-electron chi connectivity index (χ1n) is 18.9. The van der Waals surface area contributed by atoms with Crippen LogP contribution in [0.4, 0.5) is 0 Å². The number of unbranched alkanes of at least 4 members (excludes halogenated alkanes) is 1. The molecule has 0 spiro atoms. The Bertz CT molecular complexity index is 2720. The average molecular weight is 714 g/mol. The van der Waals surface area contributed by atoms with Crippen LogP contribution in [0, 0.1) is 0 Å². The SMILES string of the molecule is CCCCNC(=O)c1ccc(-c2c3nc(c(-c4ccccc4)c4ccc([nH]4)c(-c4ccccc4)c4nc(c(-c5ccccc5)c5ccc2[nH]5)C=C4)C=C3)cc1. The molecule has 0 atom stereocenters. The number of hydrogen-bond donors (Lipinski definition) is 3. The van der Waals surface area contributed by atoms with Crippen molar-refractivity contribution < 1.29 is 4.79 Å². The fraction of sp³-hybridized carbons (Fsp3) is 0.0816. The number of aromatic nitrogens is 4. The fourth-order valence-corrected chi connectivity index (χ4v) is 7.50. The Morgan fingerprint density at radius 3 is 1.16 bits per heavy atom. The minimum Gasteiger partial charge on any atom is -0.354 e. The molecule has 2 aliphatic heterocycles. The van der Waals surface area contributed by atoms with Crippen molar-refractivity contribution in [2.24, 2.45) is 0 Å². The molecule has 0 saturated carbocycles. The van der Waals surface area contributed by atoms with Gasteiger partial charge in [-0.2, -0.15) is 0 Å². The fourth-order valence-electron chi connectivity index (χ4n) is 7.50. The Morgan fingerprint density at radius 2 is 0.818 bits per heavy atom. The second-order valence-electron chi connectivity index (χ2n) is 13.8. The van der Waals surface area contributed by atoms with Gasteiger partial charge in [0.15, 0.2) is 0 Å². The molecular formula is C49H39N5O. The van der Waals surface area contributed by atoms with E-state index in [1.165, 1.54) is 0 Å². The number of nitrogens with one attached hydrogen (secondary N) is 3. The Morgan fingerprint density at radius 1 is 0.473 bits per heavy atom. The minimum atomic E-state index is -0.0670. The maximum Gasteiger partial charge on any atom is 0.251 e. The van der Waals surface area contributed by atoms with Crippen LogP contribution in [0.25, 0.3) is 90.9 Å². The lowest BCUT2D eigenvalue weighted by molar-refractivity contribution is 0.0953. The summed E-state index contributed by atoms with van der Waals surface area (Å²) in [5, 5.41) is 3.04. The molecule has 266 valence electrons. The van der Waals surface area contributed by atoms with Crippen molar-refractivity contribution >= 4 is 52.3 Å². The molecule has 3 aromatic heterocycles. The van der Waals surface area contributed by atoms with Crippen LogP contribution in [0.1, 0.15) is 52.9 Å². The molecule has 4 aromatic carbocycles.